The molecule has 1 aromatic rings. The molecule has 1 amide bonds. The van der Waals surface area contributed by atoms with E-state index in [9.17, 15) is 9.18 Å². The van der Waals surface area contributed by atoms with Crippen LogP contribution in [0.1, 0.15) is 30.4 Å². The number of carbonyl (C=O) groups excluding carboxylic acids is 1. The van der Waals surface area contributed by atoms with Crippen LogP contribution in [-0.2, 0) is 11.2 Å². The Balaban J connectivity index is 2.00. The molecule has 0 aromatic heterocycles. The van der Waals surface area contributed by atoms with Crippen molar-refractivity contribution in [1.82, 2.24) is 9.80 Å². The summed E-state index contributed by atoms with van der Waals surface area (Å²) in [4.78, 5) is 16.7. The molecular formula is C19H29FN2O2. The van der Waals surface area contributed by atoms with Crippen molar-refractivity contribution in [3.05, 3.63) is 35.1 Å². The van der Waals surface area contributed by atoms with Crippen molar-refractivity contribution in [2.24, 2.45) is 5.92 Å². The van der Waals surface area contributed by atoms with Crippen LogP contribution < -0.4 is 0 Å². The van der Waals surface area contributed by atoms with Gasteiger partial charge in [0.15, 0.2) is 0 Å². The molecule has 1 aromatic carbocycles. The number of rotatable bonds is 6. The van der Waals surface area contributed by atoms with E-state index in [1.807, 2.05) is 11.0 Å². The van der Waals surface area contributed by atoms with Crippen molar-refractivity contribution in [2.75, 3.05) is 33.8 Å². The summed E-state index contributed by atoms with van der Waals surface area (Å²) in [5, 5.41) is 9.11. The van der Waals surface area contributed by atoms with Crippen LogP contribution in [0.2, 0.25) is 0 Å². The second kappa shape index (κ2) is 8.58. The van der Waals surface area contributed by atoms with E-state index in [0.29, 0.717) is 17.5 Å². The number of aliphatic hydroxyl groups is 1. The molecule has 1 aliphatic heterocycles. The zero-order valence-electron chi connectivity index (χ0n) is 15.0. The molecule has 0 spiro atoms. The third-order valence-electron chi connectivity index (χ3n) is 5.03. The number of nitrogens with zero attached hydrogens (tertiary/aromatic N) is 2. The predicted octanol–water partition coefficient (Wildman–Crippen LogP) is 2.23. The third-order valence-corrected chi connectivity index (χ3v) is 5.03. The first-order valence-corrected chi connectivity index (χ1v) is 8.72. The molecule has 4 nitrogen and oxygen atoms in total. The van der Waals surface area contributed by atoms with Gasteiger partial charge in [0, 0.05) is 25.7 Å². The fourth-order valence-corrected chi connectivity index (χ4v) is 3.60. The highest BCUT2D eigenvalue weighted by molar-refractivity contribution is 5.79. The van der Waals surface area contributed by atoms with E-state index in [0.717, 1.165) is 37.9 Å². The number of hydrogen-bond acceptors (Lipinski definition) is 3. The van der Waals surface area contributed by atoms with Gasteiger partial charge in [-0.2, -0.15) is 0 Å². The van der Waals surface area contributed by atoms with E-state index in [4.69, 9.17) is 5.11 Å². The number of likely N-dealkylation sites (tertiary alicyclic amines) is 1. The molecule has 0 aliphatic carbocycles. The molecule has 0 saturated carbocycles. The van der Waals surface area contributed by atoms with Gasteiger partial charge >= 0.3 is 0 Å². The molecular weight excluding hydrogens is 307 g/mol. The van der Waals surface area contributed by atoms with Gasteiger partial charge in [0.1, 0.15) is 5.82 Å². The lowest BCUT2D eigenvalue weighted by molar-refractivity contribution is -0.133. The molecule has 0 unspecified atom stereocenters. The van der Waals surface area contributed by atoms with Crippen LogP contribution in [0.4, 0.5) is 4.39 Å². The number of aliphatic hydroxyl groups excluding tert-OH is 1. The standard InChI is InChI=1S/C19H29FN2O2/c1-14-6-7-15(11-17(14)20)12-19(24)22-9-8-18(21(2)3)16(13-22)5-4-10-23/h6-7,11,16,18,23H,4-5,8-10,12-13H2,1-3H3/t16-,18+/m0/s1. The van der Waals surface area contributed by atoms with Crippen molar-refractivity contribution >= 4 is 5.91 Å². The quantitative estimate of drug-likeness (QED) is 0.866. The number of halogens is 1. The molecule has 1 saturated heterocycles. The van der Waals surface area contributed by atoms with Gasteiger partial charge in [-0.1, -0.05) is 12.1 Å². The summed E-state index contributed by atoms with van der Waals surface area (Å²) in [7, 11) is 4.15. The van der Waals surface area contributed by atoms with Gasteiger partial charge in [-0.25, -0.2) is 4.39 Å². The third kappa shape index (κ3) is 4.77. The summed E-state index contributed by atoms with van der Waals surface area (Å²) in [6, 6.07) is 5.45. The normalized spacial score (nSPS) is 21.3. The number of carbonyl (C=O) groups is 1. The Morgan fingerprint density at radius 2 is 2.17 bits per heavy atom. The van der Waals surface area contributed by atoms with Crippen molar-refractivity contribution < 1.29 is 14.3 Å². The highest BCUT2D eigenvalue weighted by atomic mass is 19.1. The highest BCUT2D eigenvalue weighted by Gasteiger charge is 2.32. The second-order valence-corrected chi connectivity index (χ2v) is 7.05. The van der Waals surface area contributed by atoms with E-state index >= 15 is 0 Å². The van der Waals surface area contributed by atoms with Gasteiger partial charge in [0.25, 0.3) is 0 Å². The molecule has 24 heavy (non-hydrogen) atoms. The summed E-state index contributed by atoms with van der Waals surface area (Å²) in [6.07, 6.45) is 2.87. The summed E-state index contributed by atoms with van der Waals surface area (Å²) in [5.41, 5.74) is 1.33. The van der Waals surface area contributed by atoms with E-state index < -0.39 is 0 Å². The fraction of sp³-hybridized carbons (Fsp3) is 0.632. The molecule has 1 aliphatic rings. The zero-order valence-corrected chi connectivity index (χ0v) is 15.0. The summed E-state index contributed by atoms with van der Waals surface area (Å²) in [5.74, 6) is 0.177. The Kier molecular flexibility index (Phi) is 6.75. The Bertz CT molecular complexity index is 562. The monoisotopic (exact) mass is 336 g/mol. The van der Waals surface area contributed by atoms with E-state index in [1.54, 1.807) is 13.0 Å². The van der Waals surface area contributed by atoms with Crippen molar-refractivity contribution in [1.29, 1.82) is 0 Å². The maximum Gasteiger partial charge on any atom is 0.227 e. The maximum absolute atomic E-state index is 13.7. The van der Waals surface area contributed by atoms with Crippen LogP contribution in [0.25, 0.3) is 0 Å². The van der Waals surface area contributed by atoms with Gasteiger partial charge in [-0.05, 0) is 63.4 Å². The van der Waals surface area contributed by atoms with Crippen molar-refractivity contribution in [2.45, 2.75) is 38.6 Å². The number of piperidine rings is 1. The van der Waals surface area contributed by atoms with Crippen molar-refractivity contribution in [3.8, 4) is 0 Å². The van der Waals surface area contributed by atoms with E-state index in [-0.39, 0.29) is 24.8 Å². The predicted molar refractivity (Wildman–Crippen MR) is 93.3 cm³/mol. The lowest BCUT2D eigenvalue weighted by Crippen LogP contribution is -2.51. The summed E-state index contributed by atoms with van der Waals surface area (Å²) in [6.45, 7) is 3.37. The Morgan fingerprint density at radius 3 is 2.79 bits per heavy atom. The van der Waals surface area contributed by atoms with Crippen LogP contribution in [0.5, 0.6) is 0 Å². The van der Waals surface area contributed by atoms with Crippen LogP contribution >= 0.6 is 0 Å². The van der Waals surface area contributed by atoms with Crippen LogP contribution in [0, 0.1) is 18.7 Å². The SMILES string of the molecule is Cc1ccc(CC(=O)N2CC[C@@H](N(C)C)[C@@H](CCCO)C2)cc1F. The molecule has 0 radical (unpaired) electrons. The van der Waals surface area contributed by atoms with Gasteiger partial charge in [0.05, 0.1) is 6.42 Å². The number of benzene rings is 1. The van der Waals surface area contributed by atoms with Gasteiger partial charge in [-0.3, -0.25) is 4.79 Å². The Labute approximate surface area is 144 Å². The largest absolute Gasteiger partial charge is 0.396 e. The van der Waals surface area contributed by atoms with Gasteiger partial charge in [0.2, 0.25) is 5.91 Å². The summed E-state index contributed by atoms with van der Waals surface area (Å²) >= 11 is 0. The van der Waals surface area contributed by atoms with Crippen LogP contribution in [0.15, 0.2) is 18.2 Å². The van der Waals surface area contributed by atoms with E-state index in [1.165, 1.54) is 6.07 Å². The molecule has 5 heteroatoms. The van der Waals surface area contributed by atoms with Crippen LogP contribution in [0.3, 0.4) is 0 Å². The molecule has 134 valence electrons. The first-order valence-electron chi connectivity index (χ1n) is 8.72. The van der Waals surface area contributed by atoms with Crippen molar-refractivity contribution in [3.63, 3.8) is 0 Å². The lowest BCUT2D eigenvalue weighted by Gasteiger charge is -2.41. The first kappa shape index (κ1) is 18.9. The lowest BCUT2D eigenvalue weighted by atomic mass is 9.87. The molecule has 1 heterocycles. The summed E-state index contributed by atoms with van der Waals surface area (Å²) < 4.78 is 13.7. The highest BCUT2D eigenvalue weighted by Crippen LogP contribution is 2.25. The molecule has 0 bridgehead atoms. The zero-order chi connectivity index (χ0) is 17.7. The Hall–Kier alpha value is -1.46. The van der Waals surface area contributed by atoms with Gasteiger partial charge in [-0.15, -0.1) is 0 Å². The van der Waals surface area contributed by atoms with Gasteiger partial charge < -0.3 is 14.9 Å². The second-order valence-electron chi connectivity index (χ2n) is 7.05. The Morgan fingerprint density at radius 1 is 1.42 bits per heavy atom. The molecule has 2 rings (SSSR count). The molecule has 2 atom stereocenters. The number of hydrogen-bond donors (Lipinski definition) is 1. The average molecular weight is 336 g/mol. The topological polar surface area (TPSA) is 43.8 Å². The number of amides is 1. The minimum absolute atomic E-state index is 0.0597. The minimum atomic E-state index is -0.257. The number of aryl methyl sites for hydroxylation is 1. The average Bonchev–Trinajstić information content (AvgIpc) is 2.55. The van der Waals surface area contributed by atoms with Crippen LogP contribution in [-0.4, -0.2) is 60.6 Å². The minimum Gasteiger partial charge on any atom is -0.396 e. The first-order chi connectivity index (χ1) is 11.4. The maximum atomic E-state index is 13.7. The van der Waals surface area contributed by atoms with E-state index in [2.05, 4.69) is 19.0 Å². The smallest absolute Gasteiger partial charge is 0.227 e. The fourth-order valence-electron chi connectivity index (χ4n) is 3.60. The molecule has 1 N–H and O–H groups in total. The molecule has 1 fully saturated rings.